The van der Waals surface area contributed by atoms with Crippen LogP contribution in [0.4, 0.5) is 27.8 Å². The number of hydrogen-bond acceptors (Lipinski definition) is 14. The van der Waals surface area contributed by atoms with Crippen molar-refractivity contribution in [3.63, 3.8) is 0 Å². The normalized spacial score (nSPS) is 19.2. The van der Waals surface area contributed by atoms with Gasteiger partial charge in [0.05, 0.1) is 13.2 Å². The summed E-state index contributed by atoms with van der Waals surface area (Å²) >= 11 is 1.56. The standard InChI is InChI=1S/C25H28F2N4O3S2.C22H21F2N3O4S2/c26-20-15-23(36(32,33)31-24-28-16-29-35-24)21(27)14-22(20)34-13-12-25(17-4-2-1-3-5-17)10-8-19(9-11-25)30-18-6-7-18;23-17-13-20(33(29,30)27-21-25-14-26-32-21)18(24)12-19(17)31-11-10-22(8-6-16(28)7-9-22)15-4-2-1-3-5-15/h1-5,14-16,18-19,30H,6-13H2,(H,28,29,31);1-5,12-14H,6-11H2,(H,25,26,27). The van der Waals surface area contributed by atoms with E-state index in [1.165, 1.54) is 18.4 Å². The average Bonchev–Trinajstić information content (AvgIpc) is 3.73. The van der Waals surface area contributed by atoms with Crippen molar-refractivity contribution in [3.8, 4) is 11.5 Å². The Morgan fingerprint density at radius 1 is 0.580 bits per heavy atom. The first kappa shape index (κ1) is 49.9. The summed E-state index contributed by atoms with van der Waals surface area (Å²) in [5, 5.41) is 3.62. The summed E-state index contributed by atoms with van der Waals surface area (Å²) in [4.78, 5) is 17.5. The minimum absolute atomic E-state index is 0.0385. The second kappa shape index (κ2) is 21.6. The highest BCUT2D eigenvalue weighted by molar-refractivity contribution is 7.93. The molecule has 69 heavy (non-hydrogen) atoms. The Morgan fingerprint density at radius 3 is 1.41 bits per heavy atom. The number of anilines is 2. The number of Topliss-reactive ketones (excluding diaryl/α,β-unsaturated/α-hetero) is 1. The van der Waals surface area contributed by atoms with Crippen LogP contribution in [0.25, 0.3) is 0 Å². The quantitative estimate of drug-likeness (QED) is 0.0692. The Bertz CT molecular complexity index is 2900. The van der Waals surface area contributed by atoms with E-state index in [0.717, 1.165) is 79.1 Å². The van der Waals surface area contributed by atoms with Gasteiger partial charge in [0.25, 0.3) is 20.0 Å². The molecule has 2 aromatic heterocycles. The van der Waals surface area contributed by atoms with Crippen LogP contribution in [-0.2, 0) is 35.7 Å². The van der Waals surface area contributed by atoms with Crippen molar-refractivity contribution >= 4 is 59.2 Å². The molecule has 0 bridgehead atoms. The zero-order chi connectivity index (χ0) is 48.7. The van der Waals surface area contributed by atoms with Gasteiger partial charge in [-0.2, -0.15) is 8.75 Å². The predicted molar refractivity (Wildman–Crippen MR) is 253 cm³/mol. The molecule has 3 aliphatic rings. The molecule has 3 aliphatic carbocycles. The average molecular weight is 1030 g/mol. The molecule has 0 radical (unpaired) electrons. The van der Waals surface area contributed by atoms with Crippen molar-refractivity contribution in [2.24, 2.45) is 0 Å². The van der Waals surface area contributed by atoms with Gasteiger partial charge >= 0.3 is 0 Å². The zero-order valence-electron chi connectivity index (χ0n) is 37.1. The van der Waals surface area contributed by atoms with Gasteiger partial charge < -0.3 is 14.8 Å². The van der Waals surface area contributed by atoms with Crippen molar-refractivity contribution in [2.45, 2.75) is 110 Å². The lowest BCUT2D eigenvalue weighted by atomic mass is 9.66. The Hall–Kier alpha value is -5.55. The molecule has 0 amide bonds. The number of aromatic nitrogens is 4. The highest BCUT2D eigenvalue weighted by atomic mass is 32.2. The van der Waals surface area contributed by atoms with Crippen molar-refractivity contribution in [1.82, 2.24) is 24.0 Å². The topological polar surface area (TPSA) is 191 Å². The van der Waals surface area contributed by atoms with E-state index in [0.29, 0.717) is 62.7 Å². The number of carbonyl (C=O) groups excluding carboxylic acids is 1. The number of ether oxygens (including phenoxy) is 2. The minimum atomic E-state index is -4.39. The van der Waals surface area contributed by atoms with E-state index in [9.17, 15) is 39.2 Å². The first-order valence-corrected chi connectivity index (χ1v) is 26.9. The molecule has 3 N–H and O–H groups in total. The third-order valence-corrected chi connectivity index (χ3v) is 17.0. The van der Waals surface area contributed by atoms with Gasteiger partial charge in [0.2, 0.25) is 10.3 Å². The predicted octanol–water partition coefficient (Wildman–Crippen LogP) is 9.49. The Morgan fingerprint density at radius 2 is 1.00 bits per heavy atom. The number of carbonyl (C=O) groups is 1. The fourth-order valence-electron chi connectivity index (χ4n) is 9.02. The molecule has 4 aromatic carbocycles. The van der Waals surface area contributed by atoms with Gasteiger partial charge in [0, 0.05) is 72.3 Å². The number of sulfonamides is 2. The summed E-state index contributed by atoms with van der Waals surface area (Å²) in [6.07, 6.45) is 12.3. The largest absolute Gasteiger partial charge is 0.490 e. The molecule has 9 rings (SSSR count). The number of benzene rings is 4. The van der Waals surface area contributed by atoms with Crippen molar-refractivity contribution in [3.05, 3.63) is 132 Å². The molecular formula is C47H49F4N7O7S4. The zero-order valence-corrected chi connectivity index (χ0v) is 40.3. The number of hydrogen-bond donors (Lipinski definition) is 3. The van der Waals surface area contributed by atoms with Crippen LogP contribution in [0.5, 0.6) is 11.5 Å². The molecule has 0 spiro atoms. The lowest BCUT2D eigenvalue weighted by Gasteiger charge is -2.41. The lowest BCUT2D eigenvalue weighted by molar-refractivity contribution is -0.121. The van der Waals surface area contributed by atoms with E-state index in [4.69, 9.17) is 9.47 Å². The maximum atomic E-state index is 14.8. The highest BCUT2D eigenvalue weighted by Crippen LogP contribution is 2.44. The summed E-state index contributed by atoms with van der Waals surface area (Å²) in [6.45, 7) is 0.260. The van der Waals surface area contributed by atoms with E-state index >= 15 is 0 Å². The number of rotatable bonds is 18. The number of halogens is 4. The number of nitrogens with zero attached hydrogens (tertiary/aromatic N) is 4. The maximum absolute atomic E-state index is 14.8. The highest BCUT2D eigenvalue weighted by Gasteiger charge is 2.39. The fourth-order valence-corrected chi connectivity index (χ4v) is 12.5. The molecule has 366 valence electrons. The summed E-state index contributed by atoms with van der Waals surface area (Å²) in [6, 6.07) is 24.0. The SMILES string of the molecule is O=C1CCC(CCOc2cc(F)c(S(=O)(=O)Nc3ncns3)cc2F)(c2ccccc2)CC1.O=S(=O)(Nc1ncns1)c1cc(F)c(OCCC2(c3ccccc3)CCC(NC3CC3)CC2)cc1F. The maximum Gasteiger partial charge on any atom is 0.266 e. The van der Waals surface area contributed by atoms with Crippen LogP contribution in [0.15, 0.2) is 107 Å². The van der Waals surface area contributed by atoms with Gasteiger partial charge in [0.1, 0.15) is 39.9 Å². The molecule has 14 nitrogen and oxygen atoms in total. The molecular weight excluding hydrogens is 979 g/mol. The summed E-state index contributed by atoms with van der Waals surface area (Å²) < 4.78 is 131. The molecule has 0 unspecified atom stereocenters. The van der Waals surface area contributed by atoms with Gasteiger partial charge in [0.15, 0.2) is 23.1 Å². The van der Waals surface area contributed by atoms with Crippen LogP contribution in [0, 0.1) is 23.3 Å². The van der Waals surface area contributed by atoms with Crippen LogP contribution in [0.1, 0.15) is 88.2 Å². The van der Waals surface area contributed by atoms with Crippen LogP contribution in [0.2, 0.25) is 0 Å². The smallest absolute Gasteiger partial charge is 0.266 e. The van der Waals surface area contributed by atoms with Crippen molar-refractivity contribution < 1.29 is 48.7 Å². The first-order valence-electron chi connectivity index (χ1n) is 22.4. The molecule has 0 aliphatic heterocycles. The molecule has 3 fully saturated rings. The van der Waals surface area contributed by atoms with Crippen molar-refractivity contribution in [2.75, 3.05) is 22.7 Å². The van der Waals surface area contributed by atoms with Crippen LogP contribution in [-0.4, -0.2) is 66.6 Å². The molecule has 2 heterocycles. The van der Waals surface area contributed by atoms with E-state index in [1.807, 2.05) is 48.5 Å². The molecule has 6 aromatic rings. The van der Waals surface area contributed by atoms with E-state index < -0.39 is 53.1 Å². The molecule has 0 saturated heterocycles. The van der Waals surface area contributed by atoms with Gasteiger partial charge in [-0.1, -0.05) is 60.7 Å². The summed E-state index contributed by atoms with van der Waals surface area (Å²) in [7, 11) is -8.75. The number of nitrogens with one attached hydrogen (secondary N) is 3. The second-order valence-corrected chi connectivity index (χ2v) is 22.2. The second-order valence-electron chi connectivity index (χ2n) is 17.4. The monoisotopic (exact) mass is 1030 g/mol. The van der Waals surface area contributed by atoms with E-state index in [-0.39, 0.29) is 51.6 Å². The van der Waals surface area contributed by atoms with Crippen LogP contribution < -0.4 is 24.2 Å². The third-order valence-electron chi connectivity index (χ3n) is 12.9. The van der Waals surface area contributed by atoms with E-state index in [2.05, 4.69) is 45.6 Å². The summed E-state index contributed by atoms with van der Waals surface area (Å²) in [5.74, 6) is -4.67. The lowest BCUT2D eigenvalue weighted by Crippen LogP contribution is -2.41. The Balaban J connectivity index is 0.000000187. The van der Waals surface area contributed by atoms with Crippen molar-refractivity contribution in [1.29, 1.82) is 0 Å². The van der Waals surface area contributed by atoms with Gasteiger partial charge in [-0.15, -0.1) is 0 Å². The Kier molecular flexibility index (Phi) is 15.6. The molecule has 0 atom stereocenters. The number of ketones is 1. The van der Waals surface area contributed by atoms with Gasteiger partial charge in [-0.25, -0.2) is 44.4 Å². The molecule has 3 saturated carbocycles. The van der Waals surface area contributed by atoms with Crippen LogP contribution >= 0.6 is 23.1 Å². The minimum Gasteiger partial charge on any atom is -0.490 e. The van der Waals surface area contributed by atoms with Crippen LogP contribution in [0.3, 0.4) is 0 Å². The Labute approximate surface area is 405 Å². The van der Waals surface area contributed by atoms with Gasteiger partial charge in [-0.3, -0.25) is 14.2 Å². The third kappa shape index (κ3) is 12.4. The molecule has 22 heteroatoms. The summed E-state index contributed by atoms with van der Waals surface area (Å²) in [5.41, 5.74) is 1.91. The fraction of sp³-hybridized carbons (Fsp3) is 0.383. The van der Waals surface area contributed by atoms with Gasteiger partial charge in [-0.05, 0) is 86.2 Å². The van der Waals surface area contributed by atoms with E-state index in [1.54, 1.807) is 0 Å². The first-order chi connectivity index (χ1) is 33.1.